The van der Waals surface area contributed by atoms with Crippen molar-refractivity contribution in [3.8, 4) is 5.75 Å². The molecule has 0 aromatic heterocycles. The fourth-order valence-corrected chi connectivity index (χ4v) is 5.18. The molecular formula is C33H30ClN5O4. The molecule has 0 saturated carbocycles. The Labute approximate surface area is 254 Å². The molecule has 10 heteroatoms. The number of nitrogens with zero attached hydrogens (tertiary/aromatic N) is 4. The number of ether oxygens (including phenoxy) is 2. The number of carbonyl (C=O) groups excluding carboxylic acids is 1. The number of rotatable bonds is 12. The molecule has 4 aromatic carbocycles. The first-order valence-electron chi connectivity index (χ1n) is 13.8. The van der Waals surface area contributed by atoms with Crippen LogP contribution >= 0.6 is 11.6 Å². The van der Waals surface area contributed by atoms with Gasteiger partial charge in [-0.25, -0.2) is 4.99 Å². The number of hydrogen-bond donors (Lipinski definition) is 2. The fraction of sp³-hybridized carbons (Fsp3) is 0.212. The Balaban J connectivity index is 1.58. The van der Waals surface area contributed by atoms with Gasteiger partial charge in [-0.05, 0) is 52.6 Å². The van der Waals surface area contributed by atoms with Crippen molar-refractivity contribution >= 4 is 29.1 Å². The minimum Gasteiger partial charge on any atom is -0.494 e. The van der Waals surface area contributed by atoms with E-state index in [2.05, 4.69) is 15.3 Å². The van der Waals surface area contributed by atoms with Gasteiger partial charge in [0, 0.05) is 47.2 Å². The van der Waals surface area contributed by atoms with E-state index in [0.29, 0.717) is 46.5 Å². The van der Waals surface area contributed by atoms with Crippen LogP contribution in [0, 0.1) is 0 Å². The smallest absolute Gasteiger partial charge is 0.252 e. The minimum atomic E-state index is -1.46. The zero-order valence-corrected chi connectivity index (χ0v) is 24.0. The van der Waals surface area contributed by atoms with Crippen molar-refractivity contribution < 1.29 is 19.4 Å². The van der Waals surface area contributed by atoms with Crippen LogP contribution in [0.5, 0.6) is 5.75 Å². The predicted octanol–water partition coefficient (Wildman–Crippen LogP) is 6.86. The van der Waals surface area contributed by atoms with Gasteiger partial charge >= 0.3 is 0 Å². The van der Waals surface area contributed by atoms with E-state index in [0.717, 1.165) is 11.1 Å². The molecule has 2 N–H and O–H groups in total. The number of halogens is 1. The minimum absolute atomic E-state index is 0.0486. The van der Waals surface area contributed by atoms with E-state index in [-0.39, 0.29) is 25.5 Å². The van der Waals surface area contributed by atoms with Crippen LogP contribution in [0.15, 0.2) is 113 Å². The Bertz CT molecular complexity index is 1640. The fourth-order valence-electron chi connectivity index (χ4n) is 4.98. The average molecular weight is 596 g/mol. The normalized spacial score (nSPS) is 17.3. The Morgan fingerprint density at radius 3 is 2.42 bits per heavy atom. The zero-order chi connectivity index (χ0) is 30.1. The molecule has 0 saturated heterocycles. The van der Waals surface area contributed by atoms with E-state index < -0.39 is 11.6 Å². The first kappa shape index (κ1) is 29.7. The summed E-state index contributed by atoms with van der Waals surface area (Å²) >= 11 is 6.40. The number of aliphatic imine (C=N–C) groups is 1. The Kier molecular flexibility index (Phi) is 9.59. The first-order valence-corrected chi connectivity index (χ1v) is 14.2. The number of amides is 1. The molecule has 43 heavy (non-hydrogen) atoms. The van der Waals surface area contributed by atoms with E-state index >= 15 is 0 Å². The summed E-state index contributed by atoms with van der Waals surface area (Å²) in [4.78, 5) is 22.4. The molecule has 0 fully saturated rings. The van der Waals surface area contributed by atoms with Crippen LogP contribution in [0.25, 0.3) is 10.4 Å². The highest BCUT2D eigenvalue weighted by atomic mass is 35.5. The van der Waals surface area contributed by atoms with Gasteiger partial charge in [0.1, 0.15) is 5.75 Å². The van der Waals surface area contributed by atoms with Crippen molar-refractivity contribution in [3.05, 3.63) is 141 Å². The largest absolute Gasteiger partial charge is 0.494 e. The third-order valence-electron chi connectivity index (χ3n) is 7.13. The van der Waals surface area contributed by atoms with Gasteiger partial charge in [0.25, 0.3) is 5.91 Å². The van der Waals surface area contributed by atoms with E-state index in [1.54, 1.807) is 30.3 Å². The van der Waals surface area contributed by atoms with Crippen LogP contribution < -0.4 is 10.1 Å². The van der Waals surface area contributed by atoms with Crippen molar-refractivity contribution in [3.63, 3.8) is 0 Å². The molecule has 2 atom stereocenters. The second kappa shape index (κ2) is 13.9. The highest BCUT2D eigenvalue weighted by molar-refractivity contribution is 6.31. The van der Waals surface area contributed by atoms with E-state index in [9.17, 15) is 10.3 Å². The van der Waals surface area contributed by atoms with E-state index in [4.69, 9.17) is 31.2 Å². The van der Waals surface area contributed by atoms with E-state index in [1.165, 1.54) is 0 Å². The number of aliphatic hydroxyl groups excluding tert-OH is 1. The summed E-state index contributed by atoms with van der Waals surface area (Å²) in [6.45, 7) is 0.625. The first-order chi connectivity index (χ1) is 21.0. The van der Waals surface area contributed by atoms with Crippen LogP contribution in [0.3, 0.4) is 0 Å². The summed E-state index contributed by atoms with van der Waals surface area (Å²) in [5, 5.41) is 16.5. The maximum absolute atomic E-state index is 14.4. The van der Waals surface area contributed by atoms with Crippen molar-refractivity contribution in [1.82, 2.24) is 5.32 Å². The van der Waals surface area contributed by atoms with Gasteiger partial charge in [0.05, 0.1) is 6.61 Å². The van der Waals surface area contributed by atoms with Crippen molar-refractivity contribution in [2.24, 2.45) is 10.1 Å². The van der Waals surface area contributed by atoms with Crippen LogP contribution in [0.2, 0.25) is 5.02 Å². The molecule has 4 aromatic rings. The maximum atomic E-state index is 14.4. The SMILES string of the molecule is [N-]=[N+]=Nc1ccccc1C[C@@]1(C(=O)NCc2ccccc2Cl)N=C(c2ccc(OCCCO)cc2)O[C@@H]1c1ccccc1. The topological polar surface area (TPSA) is 129 Å². The standard InChI is InChI=1S/C33H30ClN5O4/c34-28-13-6-4-12-26(28)22-36-32(41)33(21-25-11-5-7-14-29(25)38-39-35)30(23-9-2-1-3-10-23)43-31(37-33)24-15-17-27(18-16-24)42-20-8-19-40/h1-7,9-18,30,40H,8,19-22H2,(H,36,41)/t30-,33-/m1/s1. The number of benzene rings is 4. The predicted molar refractivity (Wildman–Crippen MR) is 165 cm³/mol. The molecule has 1 amide bonds. The summed E-state index contributed by atoms with van der Waals surface area (Å²) in [7, 11) is 0. The second-order valence-corrected chi connectivity index (χ2v) is 10.4. The van der Waals surface area contributed by atoms with Gasteiger partial charge in [0.15, 0.2) is 11.6 Å². The monoisotopic (exact) mass is 595 g/mol. The van der Waals surface area contributed by atoms with Gasteiger partial charge in [-0.3, -0.25) is 4.79 Å². The molecular weight excluding hydrogens is 566 g/mol. The number of carbonyl (C=O) groups is 1. The maximum Gasteiger partial charge on any atom is 0.252 e. The lowest BCUT2D eigenvalue weighted by Crippen LogP contribution is -2.49. The summed E-state index contributed by atoms with van der Waals surface area (Å²) in [6, 6.07) is 31.1. The van der Waals surface area contributed by atoms with Crippen molar-refractivity contribution in [2.75, 3.05) is 13.2 Å². The molecule has 9 nitrogen and oxygen atoms in total. The summed E-state index contributed by atoms with van der Waals surface area (Å²) in [6.07, 6.45) is -0.170. The lowest BCUT2D eigenvalue weighted by atomic mass is 9.81. The summed E-state index contributed by atoms with van der Waals surface area (Å²) < 4.78 is 12.2. The number of azide groups is 1. The van der Waals surface area contributed by atoms with Crippen LogP contribution in [-0.4, -0.2) is 35.7 Å². The van der Waals surface area contributed by atoms with Gasteiger partial charge in [-0.15, -0.1) is 0 Å². The molecule has 1 aliphatic heterocycles. The van der Waals surface area contributed by atoms with Crippen LogP contribution in [-0.2, 0) is 22.5 Å². The molecule has 218 valence electrons. The second-order valence-electron chi connectivity index (χ2n) is 9.97. The molecule has 1 aliphatic rings. The third kappa shape index (κ3) is 6.81. The number of aliphatic hydroxyl groups is 1. The molecule has 0 aliphatic carbocycles. The third-order valence-corrected chi connectivity index (χ3v) is 7.50. The average Bonchev–Trinajstić information content (AvgIpc) is 3.43. The van der Waals surface area contributed by atoms with E-state index in [1.807, 2.05) is 72.8 Å². The highest BCUT2D eigenvalue weighted by Gasteiger charge is 2.53. The number of nitrogens with one attached hydrogen (secondary N) is 1. The highest BCUT2D eigenvalue weighted by Crippen LogP contribution is 2.43. The lowest BCUT2D eigenvalue weighted by molar-refractivity contribution is -0.129. The molecule has 5 rings (SSSR count). The Morgan fingerprint density at radius 2 is 1.70 bits per heavy atom. The quantitative estimate of drug-likeness (QED) is 0.0802. The lowest BCUT2D eigenvalue weighted by Gasteiger charge is -2.31. The van der Waals surface area contributed by atoms with Crippen LogP contribution in [0.4, 0.5) is 5.69 Å². The number of hydrogen-bond acceptors (Lipinski definition) is 6. The zero-order valence-electron chi connectivity index (χ0n) is 23.3. The Morgan fingerprint density at radius 1 is 1.00 bits per heavy atom. The van der Waals surface area contributed by atoms with Crippen molar-refractivity contribution in [1.29, 1.82) is 0 Å². The van der Waals surface area contributed by atoms with Gasteiger partial charge < -0.3 is 19.9 Å². The van der Waals surface area contributed by atoms with Crippen LogP contribution in [0.1, 0.15) is 34.8 Å². The molecule has 1 heterocycles. The summed E-state index contributed by atoms with van der Waals surface area (Å²) in [5.41, 5.74) is 11.0. The Hall–Kier alpha value is -4.82. The molecule has 0 radical (unpaired) electrons. The molecule has 0 bridgehead atoms. The van der Waals surface area contributed by atoms with Gasteiger partial charge in [0.2, 0.25) is 5.90 Å². The van der Waals surface area contributed by atoms with Gasteiger partial charge in [-0.2, -0.15) is 0 Å². The van der Waals surface area contributed by atoms with Gasteiger partial charge in [-0.1, -0.05) is 89.5 Å². The summed E-state index contributed by atoms with van der Waals surface area (Å²) in [5.74, 6) is 0.573. The molecule has 0 spiro atoms. The molecule has 0 unspecified atom stereocenters. The van der Waals surface area contributed by atoms with Crippen molar-refractivity contribution in [2.45, 2.75) is 31.0 Å².